The van der Waals surface area contributed by atoms with Gasteiger partial charge in [0.2, 0.25) is 0 Å². The zero-order chi connectivity index (χ0) is 19.8. The Kier molecular flexibility index (Phi) is 7.51. The Bertz CT molecular complexity index is 881. The van der Waals surface area contributed by atoms with E-state index in [1.165, 1.54) is 11.1 Å². The van der Waals surface area contributed by atoms with Gasteiger partial charge in [0.25, 0.3) is 0 Å². The van der Waals surface area contributed by atoms with Gasteiger partial charge in [0.05, 0.1) is 17.9 Å². The number of hydrogen-bond acceptors (Lipinski definition) is 4. The quantitative estimate of drug-likeness (QED) is 0.460. The van der Waals surface area contributed by atoms with Crippen LogP contribution in [-0.2, 0) is 19.7 Å². The Morgan fingerprint density at radius 1 is 1.21 bits per heavy atom. The second kappa shape index (κ2) is 10.3. The Labute approximate surface area is 174 Å². The standard InChI is InChI=1S/C22H26BrN3O2/c1-17-6-3-4-7-19(17)15-28-22-20(23)12-18(13-21(22)27-2)14-24-8-5-10-26-11-9-25-16-26/h3-4,6-7,9,11-13,16,24H,5,8,10,14-15H2,1-2H3. The Morgan fingerprint density at radius 2 is 2.07 bits per heavy atom. The van der Waals surface area contributed by atoms with Gasteiger partial charge in [-0.2, -0.15) is 0 Å². The third kappa shape index (κ3) is 5.59. The molecule has 28 heavy (non-hydrogen) atoms. The number of methoxy groups -OCH3 is 1. The number of hydrogen-bond donors (Lipinski definition) is 1. The van der Waals surface area contributed by atoms with Crippen molar-refractivity contribution in [2.75, 3.05) is 13.7 Å². The Morgan fingerprint density at radius 3 is 2.82 bits per heavy atom. The van der Waals surface area contributed by atoms with Gasteiger partial charge in [-0.25, -0.2) is 4.98 Å². The summed E-state index contributed by atoms with van der Waals surface area (Å²) < 4.78 is 14.6. The lowest BCUT2D eigenvalue weighted by molar-refractivity contribution is 0.281. The number of rotatable bonds is 10. The minimum Gasteiger partial charge on any atom is -0.493 e. The molecule has 3 aromatic rings. The fourth-order valence-electron chi connectivity index (χ4n) is 2.98. The van der Waals surface area contributed by atoms with Crippen LogP contribution in [0.2, 0.25) is 0 Å². The number of aromatic nitrogens is 2. The summed E-state index contributed by atoms with van der Waals surface area (Å²) in [4.78, 5) is 4.06. The normalized spacial score (nSPS) is 10.8. The van der Waals surface area contributed by atoms with Crippen molar-refractivity contribution in [3.63, 3.8) is 0 Å². The minimum atomic E-state index is 0.507. The second-order valence-electron chi connectivity index (χ2n) is 6.66. The lowest BCUT2D eigenvalue weighted by atomic mass is 10.1. The van der Waals surface area contributed by atoms with Crippen molar-refractivity contribution in [2.45, 2.75) is 33.0 Å². The molecule has 0 fully saturated rings. The van der Waals surface area contributed by atoms with Crippen LogP contribution in [0.5, 0.6) is 11.5 Å². The SMILES string of the molecule is COc1cc(CNCCCn2ccnc2)cc(Br)c1OCc1ccccc1C. The molecule has 3 rings (SSSR count). The average Bonchev–Trinajstić information content (AvgIpc) is 3.21. The zero-order valence-electron chi connectivity index (χ0n) is 16.3. The van der Waals surface area contributed by atoms with Crippen LogP contribution in [0, 0.1) is 6.92 Å². The molecule has 0 unspecified atom stereocenters. The lowest BCUT2D eigenvalue weighted by Crippen LogP contribution is -2.16. The number of nitrogens with zero attached hydrogens (tertiary/aromatic N) is 2. The topological polar surface area (TPSA) is 48.3 Å². The predicted molar refractivity (Wildman–Crippen MR) is 115 cm³/mol. The van der Waals surface area contributed by atoms with Crippen LogP contribution in [0.25, 0.3) is 0 Å². The van der Waals surface area contributed by atoms with Crippen LogP contribution in [0.4, 0.5) is 0 Å². The molecule has 0 aliphatic heterocycles. The molecule has 1 heterocycles. The highest BCUT2D eigenvalue weighted by Gasteiger charge is 2.12. The van der Waals surface area contributed by atoms with Gasteiger partial charge in [-0.15, -0.1) is 0 Å². The highest BCUT2D eigenvalue weighted by atomic mass is 79.9. The maximum Gasteiger partial charge on any atom is 0.175 e. The van der Waals surface area contributed by atoms with Crippen LogP contribution in [0.1, 0.15) is 23.1 Å². The van der Waals surface area contributed by atoms with Crippen molar-refractivity contribution in [1.82, 2.24) is 14.9 Å². The fraction of sp³-hybridized carbons (Fsp3) is 0.318. The number of imidazole rings is 1. The first-order valence-corrected chi connectivity index (χ1v) is 10.2. The number of benzene rings is 2. The number of nitrogens with one attached hydrogen (secondary N) is 1. The zero-order valence-corrected chi connectivity index (χ0v) is 17.9. The lowest BCUT2D eigenvalue weighted by Gasteiger charge is -2.15. The number of ether oxygens (including phenoxy) is 2. The molecule has 6 heteroatoms. The van der Waals surface area contributed by atoms with E-state index in [4.69, 9.17) is 9.47 Å². The molecule has 0 spiro atoms. The van der Waals surface area contributed by atoms with Crippen LogP contribution in [0.15, 0.2) is 59.6 Å². The van der Waals surface area contributed by atoms with E-state index < -0.39 is 0 Å². The monoisotopic (exact) mass is 443 g/mol. The Hall–Kier alpha value is -2.31. The molecule has 0 saturated heterocycles. The van der Waals surface area contributed by atoms with E-state index in [-0.39, 0.29) is 0 Å². The summed E-state index contributed by atoms with van der Waals surface area (Å²) in [7, 11) is 1.67. The van der Waals surface area contributed by atoms with Gasteiger partial charge in [0.15, 0.2) is 11.5 Å². The van der Waals surface area contributed by atoms with Gasteiger partial charge in [-0.05, 0) is 64.6 Å². The fourth-order valence-corrected chi connectivity index (χ4v) is 3.58. The molecule has 2 aromatic carbocycles. The van der Waals surface area contributed by atoms with Crippen molar-refractivity contribution < 1.29 is 9.47 Å². The first kappa shape index (κ1) is 20.4. The first-order valence-electron chi connectivity index (χ1n) is 9.37. The highest BCUT2D eigenvalue weighted by molar-refractivity contribution is 9.10. The maximum absolute atomic E-state index is 6.06. The minimum absolute atomic E-state index is 0.507. The molecule has 0 bridgehead atoms. The maximum atomic E-state index is 6.06. The molecule has 0 amide bonds. The smallest absolute Gasteiger partial charge is 0.175 e. The van der Waals surface area contributed by atoms with Gasteiger partial charge in [-0.3, -0.25) is 0 Å². The van der Waals surface area contributed by atoms with Gasteiger partial charge in [0.1, 0.15) is 6.61 Å². The van der Waals surface area contributed by atoms with Crippen molar-refractivity contribution in [3.05, 3.63) is 76.3 Å². The summed E-state index contributed by atoms with van der Waals surface area (Å²) >= 11 is 3.64. The molecule has 0 aliphatic carbocycles. The molecule has 0 aliphatic rings. The van der Waals surface area contributed by atoms with E-state index in [2.05, 4.69) is 55.9 Å². The third-order valence-electron chi connectivity index (χ3n) is 4.58. The summed E-state index contributed by atoms with van der Waals surface area (Å²) in [6.07, 6.45) is 6.68. The van der Waals surface area contributed by atoms with E-state index >= 15 is 0 Å². The number of aryl methyl sites for hydroxylation is 2. The van der Waals surface area contributed by atoms with Gasteiger partial charge in [0, 0.05) is 25.5 Å². The predicted octanol–water partition coefficient (Wildman–Crippen LogP) is 4.72. The van der Waals surface area contributed by atoms with Gasteiger partial charge in [-0.1, -0.05) is 24.3 Å². The second-order valence-corrected chi connectivity index (χ2v) is 7.51. The molecule has 1 aromatic heterocycles. The van der Waals surface area contributed by atoms with E-state index in [9.17, 15) is 0 Å². The van der Waals surface area contributed by atoms with Crippen LogP contribution >= 0.6 is 15.9 Å². The molecule has 0 saturated carbocycles. The van der Waals surface area contributed by atoms with Crippen molar-refractivity contribution >= 4 is 15.9 Å². The first-order chi connectivity index (χ1) is 13.7. The van der Waals surface area contributed by atoms with E-state index in [1.54, 1.807) is 13.3 Å². The Balaban J connectivity index is 1.55. The van der Waals surface area contributed by atoms with Crippen molar-refractivity contribution in [3.8, 4) is 11.5 Å². The molecular formula is C22H26BrN3O2. The van der Waals surface area contributed by atoms with Crippen molar-refractivity contribution in [2.24, 2.45) is 0 Å². The van der Waals surface area contributed by atoms with E-state index in [1.807, 2.05) is 30.7 Å². The largest absolute Gasteiger partial charge is 0.493 e. The van der Waals surface area contributed by atoms with Crippen LogP contribution in [-0.4, -0.2) is 23.2 Å². The summed E-state index contributed by atoms with van der Waals surface area (Å²) in [5.74, 6) is 1.47. The van der Waals surface area contributed by atoms with Crippen molar-refractivity contribution in [1.29, 1.82) is 0 Å². The van der Waals surface area contributed by atoms with Gasteiger partial charge >= 0.3 is 0 Å². The molecule has 148 valence electrons. The molecule has 0 atom stereocenters. The van der Waals surface area contributed by atoms with E-state index in [0.717, 1.165) is 47.6 Å². The molecule has 5 nitrogen and oxygen atoms in total. The highest BCUT2D eigenvalue weighted by Crippen LogP contribution is 2.37. The average molecular weight is 444 g/mol. The van der Waals surface area contributed by atoms with Gasteiger partial charge < -0.3 is 19.4 Å². The molecule has 1 N–H and O–H groups in total. The molecule has 0 radical (unpaired) electrons. The third-order valence-corrected chi connectivity index (χ3v) is 5.17. The summed E-state index contributed by atoms with van der Waals surface area (Å²) in [5, 5.41) is 3.48. The summed E-state index contributed by atoms with van der Waals surface area (Å²) in [5.41, 5.74) is 3.53. The number of halogens is 1. The summed E-state index contributed by atoms with van der Waals surface area (Å²) in [6.45, 7) is 5.27. The summed E-state index contributed by atoms with van der Waals surface area (Å²) in [6, 6.07) is 12.3. The molecular weight excluding hydrogens is 418 g/mol. The van der Waals surface area contributed by atoms with Crippen LogP contribution < -0.4 is 14.8 Å². The van der Waals surface area contributed by atoms with E-state index in [0.29, 0.717) is 6.61 Å². The van der Waals surface area contributed by atoms with Crippen LogP contribution in [0.3, 0.4) is 0 Å².